The van der Waals surface area contributed by atoms with Gasteiger partial charge in [0.1, 0.15) is 6.04 Å². The highest BCUT2D eigenvalue weighted by Gasteiger charge is 2.23. The molecule has 0 amide bonds. The number of carboxylic acids is 1. The molecule has 16 heavy (non-hydrogen) atoms. The molecule has 0 aliphatic carbocycles. The van der Waals surface area contributed by atoms with Crippen LogP contribution < -0.4 is 5.32 Å². The number of aliphatic carboxylic acids is 1. The van der Waals surface area contributed by atoms with E-state index in [-0.39, 0.29) is 6.04 Å². The third kappa shape index (κ3) is 4.10. The second-order valence-electron chi connectivity index (χ2n) is 4.66. The molecule has 4 heteroatoms. The Morgan fingerprint density at radius 1 is 1.56 bits per heavy atom. The van der Waals surface area contributed by atoms with E-state index in [2.05, 4.69) is 17.1 Å². The first-order valence-corrected chi connectivity index (χ1v) is 6.35. The van der Waals surface area contributed by atoms with E-state index in [1.165, 1.54) is 19.3 Å². The monoisotopic (exact) mass is 228 g/mol. The highest BCUT2D eigenvalue weighted by Crippen LogP contribution is 2.11. The minimum Gasteiger partial charge on any atom is -0.480 e. The van der Waals surface area contributed by atoms with Crippen molar-refractivity contribution in [1.29, 1.82) is 0 Å². The summed E-state index contributed by atoms with van der Waals surface area (Å²) in [6, 6.07) is 0.103. The predicted molar refractivity (Wildman–Crippen MR) is 64.6 cm³/mol. The summed E-state index contributed by atoms with van der Waals surface area (Å²) in [5, 5.41) is 12.5. The summed E-state index contributed by atoms with van der Waals surface area (Å²) in [7, 11) is 0. The number of piperidine rings is 1. The molecule has 0 spiro atoms. The maximum atomic E-state index is 11.0. The Bertz CT molecular complexity index is 215. The van der Waals surface area contributed by atoms with Crippen molar-refractivity contribution >= 4 is 5.97 Å². The molecule has 0 bridgehead atoms. The average Bonchev–Trinajstić information content (AvgIpc) is 2.29. The molecule has 0 aromatic rings. The largest absolute Gasteiger partial charge is 0.480 e. The van der Waals surface area contributed by atoms with Crippen molar-refractivity contribution in [3.63, 3.8) is 0 Å². The molecule has 2 N–H and O–H groups in total. The van der Waals surface area contributed by atoms with Gasteiger partial charge in [0, 0.05) is 12.6 Å². The van der Waals surface area contributed by atoms with Gasteiger partial charge in [0.25, 0.3) is 0 Å². The average molecular weight is 228 g/mol. The van der Waals surface area contributed by atoms with Gasteiger partial charge in [-0.25, -0.2) is 0 Å². The first-order chi connectivity index (χ1) is 7.65. The Balaban J connectivity index is 2.45. The number of carbonyl (C=O) groups is 1. The van der Waals surface area contributed by atoms with E-state index >= 15 is 0 Å². The fourth-order valence-electron chi connectivity index (χ4n) is 2.25. The number of rotatable bonds is 6. The van der Waals surface area contributed by atoms with E-state index in [1.807, 2.05) is 0 Å². The molecule has 2 atom stereocenters. The van der Waals surface area contributed by atoms with Crippen LogP contribution in [0.4, 0.5) is 0 Å². The van der Waals surface area contributed by atoms with E-state index in [1.54, 1.807) is 6.92 Å². The van der Waals surface area contributed by atoms with Crippen LogP contribution >= 0.6 is 0 Å². The summed E-state index contributed by atoms with van der Waals surface area (Å²) in [5.41, 5.74) is 0. The summed E-state index contributed by atoms with van der Waals surface area (Å²) in [6.45, 7) is 6.68. The first kappa shape index (κ1) is 13.5. The number of carboxylic acid groups (broad SMARTS) is 1. The Kier molecular flexibility index (Phi) is 5.77. The van der Waals surface area contributed by atoms with Gasteiger partial charge in [-0.3, -0.25) is 9.69 Å². The van der Waals surface area contributed by atoms with Gasteiger partial charge >= 0.3 is 5.97 Å². The number of nitrogens with zero attached hydrogens (tertiary/aromatic N) is 1. The Morgan fingerprint density at radius 3 is 2.81 bits per heavy atom. The Hall–Kier alpha value is -0.610. The van der Waals surface area contributed by atoms with Gasteiger partial charge in [-0.1, -0.05) is 13.3 Å². The third-order valence-corrected chi connectivity index (χ3v) is 3.28. The summed E-state index contributed by atoms with van der Waals surface area (Å²) < 4.78 is 0. The van der Waals surface area contributed by atoms with Crippen LogP contribution in [-0.2, 0) is 4.79 Å². The summed E-state index contributed by atoms with van der Waals surface area (Å²) in [5.74, 6) is -0.718. The van der Waals surface area contributed by atoms with Crippen LogP contribution in [0.25, 0.3) is 0 Å². The Morgan fingerprint density at radius 2 is 2.31 bits per heavy atom. The fourth-order valence-corrected chi connectivity index (χ4v) is 2.25. The molecule has 1 aliphatic heterocycles. The van der Waals surface area contributed by atoms with Gasteiger partial charge in [0.05, 0.1) is 0 Å². The van der Waals surface area contributed by atoms with Gasteiger partial charge < -0.3 is 10.4 Å². The predicted octanol–water partition coefficient (Wildman–Crippen LogP) is 1.31. The van der Waals surface area contributed by atoms with Crippen LogP contribution in [0.15, 0.2) is 0 Å². The van der Waals surface area contributed by atoms with Crippen LogP contribution in [0.3, 0.4) is 0 Å². The van der Waals surface area contributed by atoms with E-state index in [9.17, 15) is 4.79 Å². The lowest BCUT2D eigenvalue weighted by Crippen LogP contribution is -2.48. The van der Waals surface area contributed by atoms with Crippen molar-refractivity contribution in [3.8, 4) is 0 Å². The van der Waals surface area contributed by atoms with Crippen LogP contribution in [0.1, 0.15) is 39.5 Å². The van der Waals surface area contributed by atoms with E-state index in [0.717, 1.165) is 26.1 Å². The molecule has 0 saturated carbocycles. The zero-order chi connectivity index (χ0) is 12.0. The SMILES string of the molecule is CCCN(CC1CCCCN1)C(C)C(=O)O. The van der Waals surface area contributed by atoms with Crippen molar-refractivity contribution in [2.75, 3.05) is 19.6 Å². The minimum absolute atomic E-state index is 0.372. The molecule has 1 aliphatic rings. The van der Waals surface area contributed by atoms with Crippen LogP contribution in [0, 0.1) is 0 Å². The molecule has 0 aromatic carbocycles. The maximum absolute atomic E-state index is 11.0. The van der Waals surface area contributed by atoms with E-state index in [4.69, 9.17) is 5.11 Å². The fraction of sp³-hybridized carbons (Fsp3) is 0.917. The highest BCUT2D eigenvalue weighted by molar-refractivity contribution is 5.72. The lowest BCUT2D eigenvalue weighted by Gasteiger charge is -2.32. The van der Waals surface area contributed by atoms with Crippen molar-refractivity contribution < 1.29 is 9.90 Å². The molecule has 1 heterocycles. The van der Waals surface area contributed by atoms with Gasteiger partial charge in [-0.05, 0) is 39.3 Å². The molecule has 1 saturated heterocycles. The quantitative estimate of drug-likeness (QED) is 0.720. The highest BCUT2D eigenvalue weighted by atomic mass is 16.4. The van der Waals surface area contributed by atoms with E-state index < -0.39 is 5.97 Å². The maximum Gasteiger partial charge on any atom is 0.320 e. The summed E-state index contributed by atoms with van der Waals surface area (Å²) >= 11 is 0. The van der Waals surface area contributed by atoms with Gasteiger partial charge in [0.15, 0.2) is 0 Å². The molecule has 1 fully saturated rings. The molecular weight excluding hydrogens is 204 g/mol. The molecular formula is C12H24N2O2. The van der Waals surface area contributed by atoms with Crippen molar-refractivity contribution in [2.24, 2.45) is 0 Å². The first-order valence-electron chi connectivity index (χ1n) is 6.35. The molecule has 1 rings (SSSR count). The van der Waals surface area contributed by atoms with Crippen LogP contribution in [-0.4, -0.2) is 47.7 Å². The molecule has 4 nitrogen and oxygen atoms in total. The lowest BCUT2D eigenvalue weighted by atomic mass is 10.0. The molecule has 2 unspecified atom stereocenters. The number of hydrogen-bond donors (Lipinski definition) is 2. The molecule has 0 aromatic heterocycles. The summed E-state index contributed by atoms with van der Waals surface area (Å²) in [6.07, 6.45) is 4.69. The second kappa shape index (κ2) is 6.86. The minimum atomic E-state index is -0.718. The van der Waals surface area contributed by atoms with Gasteiger partial charge in [-0.2, -0.15) is 0 Å². The second-order valence-corrected chi connectivity index (χ2v) is 4.66. The number of nitrogens with one attached hydrogen (secondary N) is 1. The van der Waals surface area contributed by atoms with Crippen molar-refractivity contribution in [1.82, 2.24) is 10.2 Å². The standard InChI is InChI=1S/C12H24N2O2/c1-3-8-14(10(2)12(15)16)9-11-6-4-5-7-13-11/h10-11,13H,3-9H2,1-2H3,(H,15,16). The third-order valence-electron chi connectivity index (χ3n) is 3.28. The summed E-state index contributed by atoms with van der Waals surface area (Å²) in [4.78, 5) is 13.1. The van der Waals surface area contributed by atoms with Crippen LogP contribution in [0.5, 0.6) is 0 Å². The zero-order valence-electron chi connectivity index (χ0n) is 10.4. The number of hydrogen-bond acceptors (Lipinski definition) is 3. The topological polar surface area (TPSA) is 52.6 Å². The van der Waals surface area contributed by atoms with Gasteiger partial charge in [0.2, 0.25) is 0 Å². The Labute approximate surface area is 98.0 Å². The van der Waals surface area contributed by atoms with Crippen molar-refractivity contribution in [2.45, 2.75) is 51.6 Å². The normalized spacial score (nSPS) is 23.3. The molecule has 0 radical (unpaired) electrons. The van der Waals surface area contributed by atoms with E-state index in [0.29, 0.717) is 6.04 Å². The van der Waals surface area contributed by atoms with Gasteiger partial charge in [-0.15, -0.1) is 0 Å². The lowest BCUT2D eigenvalue weighted by molar-refractivity contribution is -0.142. The van der Waals surface area contributed by atoms with Crippen molar-refractivity contribution in [3.05, 3.63) is 0 Å². The zero-order valence-corrected chi connectivity index (χ0v) is 10.4. The molecule has 94 valence electrons. The smallest absolute Gasteiger partial charge is 0.320 e. The van der Waals surface area contributed by atoms with Crippen LogP contribution in [0.2, 0.25) is 0 Å².